The molecule has 17 heavy (non-hydrogen) atoms. The molecule has 0 unspecified atom stereocenters. The lowest BCUT2D eigenvalue weighted by Gasteiger charge is -2.20. The molecule has 0 bridgehead atoms. The zero-order valence-corrected chi connectivity index (χ0v) is 10.4. The summed E-state index contributed by atoms with van der Waals surface area (Å²) in [4.78, 5) is 0. The van der Waals surface area contributed by atoms with Crippen molar-refractivity contribution in [2.45, 2.75) is 12.8 Å². The molecule has 0 atom stereocenters. The van der Waals surface area contributed by atoms with Gasteiger partial charge in [-0.3, -0.25) is 4.31 Å². The van der Waals surface area contributed by atoms with Crippen molar-refractivity contribution in [2.75, 3.05) is 17.1 Å². The Labute approximate surface area is 102 Å². The summed E-state index contributed by atoms with van der Waals surface area (Å²) in [7, 11) is -1.79. The summed E-state index contributed by atoms with van der Waals surface area (Å²) in [5, 5.41) is 8.96. The molecule has 1 aromatic carbocycles. The normalized spacial score (nSPS) is 15.3. The monoisotopic (exact) mass is 250 g/mol. The molecule has 0 saturated heterocycles. The predicted octanol–water partition coefficient (Wildman–Crippen LogP) is 1.73. The molecule has 0 spiro atoms. The van der Waals surface area contributed by atoms with E-state index in [0.717, 1.165) is 12.8 Å². The van der Waals surface area contributed by atoms with E-state index in [1.54, 1.807) is 24.3 Å². The first kappa shape index (κ1) is 11.9. The van der Waals surface area contributed by atoms with Crippen LogP contribution in [-0.2, 0) is 10.0 Å². The van der Waals surface area contributed by atoms with E-state index in [0.29, 0.717) is 17.2 Å². The van der Waals surface area contributed by atoms with Crippen molar-refractivity contribution < 1.29 is 8.42 Å². The van der Waals surface area contributed by atoms with Gasteiger partial charge in [-0.15, -0.1) is 0 Å². The Kier molecular flexibility index (Phi) is 3.07. The number of benzene rings is 1. The third kappa shape index (κ3) is 2.59. The second-order valence-electron chi connectivity index (χ2n) is 4.32. The summed E-state index contributed by atoms with van der Waals surface area (Å²) in [6, 6.07) is 8.75. The van der Waals surface area contributed by atoms with Crippen LogP contribution < -0.4 is 4.31 Å². The topological polar surface area (TPSA) is 61.2 Å². The molecule has 5 heteroatoms. The van der Waals surface area contributed by atoms with Crippen LogP contribution in [0, 0.1) is 17.2 Å². The van der Waals surface area contributed by atoms with Crippen molar-refractivity contribution >= 4 is 15.7 Å². The van der Waals surface area contributed by atoms with Crippen molar-refractivity contribution in [1.29, 1.82) is 5.26 Å². The van der Waals surface area contributed by atoms with E-state index in [1.807, 2.05) is 6.07 Å². The molecule has 0 aliphatic heterocycles. The molecule has 1 aromatic rings. The SMILES string of the molecule is CN(c1ccccc1C#N)S(=O)(=O)CC1CC1. The molecule has 0 aromatic heterocycles. The van der Waals surface area contributed by atoms with Crippen molar-refractivity contribution in [3.63, 3.8) is 0 Å². The average molecular weight is 250 g/mol. The van der Waals surface area contributed by atoms with Crippen LogP contribution in [-0.4, -0.2) is 21.2 Å². The molecule has 4 nitrogen and oxygen atoms in total. The highest BCUT2D eigenvalue weighted by Crippen LogP contribution is 2.32. The minimum absolute atomic E-state index is 0.184. The molecular weight excluding hydrogens is 236 g/mol. The molecule has 1 aliphatic carbocycles. The standard InChI is InChI=1S/C12H14N2O2S/c1-14(17(15,16)9-10-6-7-10)12-5-3-2-4-11(12)8-13/h2-5,10H,6-7,9H2,1H3. The average Bonchev–Trinajstić information content (AvgIpc) is 3.11. The Balaban J connectivity index is 2.29. The van der Waals surface area contributed by atoms with Gasteiger partial charge in [0.2, 0.25) is 10.0 Å². The first-order valence-electron chi connectivity index (χ1n) is 5.50. The van der Waals surface area contributed by atoms with Gasteiger partial charge in [0.05, 0.1) is 17.0 Å². The zero-order valence-electron chi connectivity index (χ0n) is 9.63. The predicted molar refractivity (Wildman–Crippen MR) is 66.1 cm³/mol. The second kappa shape index (κ2) is 4.38. The summed E-state index contributed by atoms with van der Waals surface area (Å²) in [6.07, 6.45) is 1.99. The van der Waals surface area contributed by atoms with E-state index in [4.69, 9.17) is 5.26 Å². The first-order chi connectivity index (χ1) is 8.04. The van der Waals surface area contributed by atoms with E-state index < -0.39 is 10.0 Å². The van der Waals surface area contributed by atoms with Crippen molar-refractivity contribution in [1.82, 2.24) is 0 Å². The smallest absolute Gasteiger partial charge is 0.235 e. The van der Waals surface area contributed by atoms with Gasteiger partial charge in [-0.25, -0.2) is 8.42 Å². The van der Waals surface area contributed by atoms with E-state index in [2.05, 4.69) is 0 Å². The number of para-hydroxylation sites is 1. The van der Waals surface area contributed by atoms with Gasteiger partial charge in [0.15, 0.2) is 0 Å². The summed E-state index contributed by atoms with van der Waals surface area (Å²) < 4.78 is 25.4. The summed E-state index contributed by atoms with van der Waals surface area (Å²) in [5.41, 5.74) is 0.838. The Morgan fingerprint density at radius 2 is 2.06 bits per heavy atom. The summed E-state index contributed by atoms with van der Waals surface area (Å²) >= 11 is 0. The largest absolute Gasteiger partial charge is 0.272 e. The van der Waals surface area contributed by atoms with Crippen LogP contribution in [0.5, 0.6) is 0 Å². The fraction of sp³-hybridized carbons (Fsp3) is 0.417. The maximum Gasteiger partial charge on any atom is 0.235 e. The molecule has 2 rings (SSSR count). The Bertz CT molecular complexity index is 556. The number of sulfonamides is 1. The van der Waals surface area contributed by atoms with Gasteiger partial charge in [0.25, 0.3) is 0 Å². The van der Waals surface area contributed by atoms with E-state index >= 15 is 0 Å². The minimum atomic E-state index is -3.30. The molecule has 1 saturated carbocycles. The number of rotatable bonds is 4. The molecule has 1 aliphatic rings. The van der Waals surface area contributed by atoms with Gasteiger partial charge >= 0.3 is 0 Å². The Morgan fingerprint density at radius 1 is 1.41 bits per heavy atom. The van der Waals surface area contributed by atoms with Gasteiger partial charge < -0.3 is 0 Å². The van der Waals surface area contributed by atoms with Crippen molar-refractivity contribution in [2.24, 2.45) is 5.92 Å². The molecule has 90 valence electrons. The van der Waals surface area contributed by atoms with E-state index in [-0.39, 0.29) is 5.75 Å². The highest BCUT2D eigenvalue weighted by atomic mass is 32.2. The lowest BCUT2D eigenvalue weighted by Crippen LogP contribution is -2.30. The van der Waals surface area contributed by atoms with Crippen LogP contribution in [0.25, 0.3) is 0 Å². The van der Waals surface area contributed by atoms with Crippen LogP contribution in [0.2, 0.25) is 0 Å². The molecule has 1 fully saturated rings. The van der Waals surface area contributed by atoms with Gasteiger partial charge in [0, 0.05) is 7.05 Å². The number of nitrogens with zero attached hydrogens (tertiary/aromatic N) is 2. The highest BCUT2D eigenvalue weighted by Gasteiger charge is 2.31. The molecule has 0 N–H and O–H groups in total. The van der Waals surface area contributed by atoms with E-state index in [1.165, 1.54) is 11.4 Å². The molecule has 0 heterocycles. The first-order valence-corrected chi connectivity index (χ1v) is 7.11. The van der Waals surface area contributed by atoms with Gasteiger partial charge in [-0.2, -0.15) is 5.26 Å². The van der Waals surface area contributed by atoms with Crippen LogP contribution in [0.4, 0.5) is 5.69 Å². The third-order valence-corrected chi connectivity index (χ3v) is 4.85. The fourth-order valence-electron chi connectivity index (χ4n) is 1.69. The number of anilines is 1. The Morgan fingerprint density at radius 3 is 2.65 bits per heavy atom. The fourth-order valence-corrected chi connectivity index (χ4v) is 3.30. The van der Waals surface area contributed by atoms with Gasteiger partial charge in [0.1, 0.15) is 6.07 Å². The number of hydrogen-bond acceptors (Lipinski definition) is 3. The summed E-state index contributed by atoms with van der Waals surface area (Å²) in [5.74, 6) is 0.486. The lowest BCUT2D eigenvalue weighted by molar-refractivity contribution is 0.590. The van der Waals surface area contributed by atoms with Crippen molar-refractivity contribution in [3.8, 4) is 6.07 Å². The van der Waals surface area contributed by atoms with Crippen molar-refractivity contribution in [3.05, 3.63) is 29.8 Å². The van der Waals surface area contributed by atoms with Gasteiger partial charge in [-0.1, -0.05) is 12.1 Å². The van der Waals surface area contributed by atoms with Crippen LogP contribution in [0.1, 0.15) is 18.4 Å². The van der Waals surface area contributed by atoms with E-state index in [9.17, 15) is 8.42 Å². The molecule has 0 radical (unpaired) electrons. The lowest BCUT2D eigenvalue weighted by atomic mass is 10.2. The zero-order chi connectivity index (χ0) is 12.5. The maximum absolute atomic E-state index is 12.1. The molecular formula is C12H14N2O2S. The van der Waals surface area contributed by atoms with Gasteiger partial charge in [-0.05, 0) is 30.9 Å². The third-order valence-electron chi connectivity index (χ3n) is 2.92. The highest BCUT2D eigenvalue weighted by molar-refractivity contribution is 7.92. The van der Waals surface area contributed by atoms with Crippen LogP contribution >= 0.6 is 0 Å². The van der Waals surface area contributed by atoms with Crippen LogP contribution in [0.3, 0.4) is 0 Å². The number of nitriles is 1. The minimum Gasteiger partial charge on any atom is -0.272 e. The quantitative estimate of drug-likeness (QED) is 0.817. The number of hydrogen-bond donors (Lipinski definition) is 0. The maximum atomic E-state index is 12.1. The second-order valence-corrected chi connectivity index (χ2v) is 6.36. The molecule has 0 amide bonds. The van der Waals surface area contributed by atoms with Crippen LogP contribution in [0.15, 0.2) is 24.3 Å². The summed E-state index contributed by atoms with van der Waals surface area (Å²) in [6.45, 7) is 0. The Hall–Kier alpha value is -1.54.